The molecule has 0 unspecified atom stereocenters. The van der Waals surface area contributed by atoms with Crippen LogP contribution in [0.2, 0.25) is 0 Å². The Balaban J connectivity index is 2.30. The van der Waals surface area contributed by atoms with Gasteiger partial charge in [0.25, 0.3) is 0 Å². The molecule has 1 fully saturated rings. The molecule has 0 aromatic carbocycles. The summed E-state index contributed by atoms with van der Waals surface area (Å²) >= 11 is 2.08. The Morgan fingerprint density at radius 2 is 2.44 bits per heavy atom. The summed E-state index contributed by atoms with van der Waals surface area (Å²) in [7, 11) is 0. The lowest BCUT2D eigenvalue weighted by Gasteiger charge is -2.31. The van der Waals surface area contributed by atoms with E-state index in [4.69, 9.17) is 0 Å². The van der Waals surface area contributed by atoms with Gasteiger partial charge < -0.3 is 0 Å². The molecule has 1 rings (SSSR count). The van der Waals surface area contributed by atoms with Gasteiger partial charge in [0.15, 0.2) is 0 Å². The van der Waals surface area contributed by atoms with Crippen LogP contribution in [0.1, 0.15) is 20.3 Å². The van der Waals surface area contributed by atoms with Crippen molar-refractivity contribution in [2.45, 2.75) is 25.6 Å². The molecule has 1 aliphatic rings. The van der Waals surface area contributed by atoms with E-state index in [-0.39, 0.29) is 0 Å². The first-order chi connectivity index (χ1) is 4.34. The van der Waals surface area contributed by atoms with Gasteiger partial charge in [-0.2, -0.15) is 0 Å². The predicted molar refractivity (Wildman–Crippen MR) is 43.8 cm³/mol. The molecule has 1 aliphatic heterocycles. The average molecular weight is 145 g/mol. The van der Waals surface area contributed by atoms with E-state index < -0.39 is 0 Å². The molecule has 0 aromatic heterocycles. The van der Waals surface area contributed by atoms with Crippen molar-refractivity contribution < 1.29 is 0 Å². The normalized spacial score (nSPS) is 30.7. The summed E-state index contributed by atoms with van der Waals surface area (Å²) in [5.41, 5.74) is 0. The van der Waals surface area contributed by atoms with Crippen molar-refractivity contribution in [2.24, 2.45) is 0 Å². The van der Waals surface area contributed by atoms with Crippen molar-refractivity contribution in [3.05, 3.63) is 0 Å². The van der Waals surface area contributed by atoms with Gasteiger partial charge in [0.1, 0.15) is 0 Å². The molecule has 54 valence electrons. The summed E-state index contributed by atoms with van der Waals surface area (Å²) in [6, 6.07) is 0. The Morgan fingerprint density at radius 3 is 2.89 bits per heavy atom. The highest BCUT2D eigenvalue weighted by molar-refractivity contribution is 7.99. The zero-order valence-electron chi connectivity index (χ0n) is 6.26. The highest BCUT2D eigenvalue weighted by atomic mass is 32.2. The fourth-order valence-electron chi connectivity index (χ4n) is 1.22. The number of rotatable bonds is 1. The number of hydrogen-bond acceptors (Lipinski definition) is 2. The zero-order chi connectivity index (χ0) is 6.69. The second-order valence-electron chi connectivity index (χ2n) is 2.45. The maximum atomic E-state index is 2.52. The summed E-state index contributed by atoms with van der Waals surface area (Å²) in [6.45, 7) is 7.06. The average Bonchev–Trinajstić information content (AvgIpc) is 1.89. The molecular formula is C7H15NS. The van der Waals surface area contributed by atoms with E-state index in [1.165, 1.54) is 25.3 Å². The van der Waals surface area contributed by atoms with E-state index in [1.54, 1.807) is 0 Å². The monoisotopic (exact) mass is 145 g/mol. The third kappa shape index (κ3) is 1.87. The second-order valence-corrected chi connectivity index (χ2v) is 3.88. The number of thioether (sulfide) groups is 1. The van der Waals surface area contributed by atoms with Gasteiger partial charge in [-0.05, 0) is 32.2 Å². The van der Waals surface area contributed by atoms with Crippen LogP contribution in [0.25, 0.3) is 0 Å². The Bertz CT molecular complexity index is 85.0. The molecule has 0 amide bonds. The topological polar surface area (TPSA) is 3.24 Å². The molecule has 1 atom stereocenters. The van der Waals surface area contributed by atoms with Gasteiger partial charge in [-0.25, -0.2) is 0 Å². The van der Waals surface area contributed by atoms with Crippen LogP contribution in [0.5, 0.6) is 0 Å². The largest absolute Gasteiger partial charge is 0.292 e. The van der Waals surface area contributed by atoms with Crippen molar-refractivity contribution in [3.63, 3.8) is 0 Å². The van der Waals surface area contributed by atoms with Crippen molar-refractivity contribution >= 4 is 11.8 Å². The van der Waals surface area contributed by atoms with Gasteiger partial charge in [0.05, 0.1) is 5.37 Å². The Hall–Kier alpha value is 0.310. The van der Waals surface area contributed by atoms with Crippen LogP contribution in [0, 0.1) is 0 Å². The van der Waals surface area contributed by atoms with Crippen LogP contribution in [-0.4, -0.2) is 29.1 Å². The van der Waals surface area contributed by atoms with Crippen LogP contribution in [0.15, 0.2) is 0 Å². The number of hydrogen-bond donors (Lipinski definition) is 0. The molecule has 1 heterocycles. The smallest absolute Gasteiger partial charge is 0.0528 e. The summed E-state index contributed by atoms with van der Waals surface area (Å²) in [6.07, 6.45) is 1.38. The van der Waals surface area contributed by atoms with E-state index in [9.17, 15) is 0 Å². The summed E-state index contributed by atoms with van der Waals surface area (Å²) < 4.78 is 0. The van der Waals surface area contributed by atoms with E-state index in [0.717, 1.165) is 5.37 Å². The second kappa shape index (κ2) is 3.47. The molecule has 0 radical (unpaired) electrons. The van der Waals surface area contributed by atoms with Crippen LogP contribution in [-0.2, 0) is 0 Å². The quantitative estimate of drug-likeness (QED) is 0.553. The molecule has 9 heavy (non-hydrogen) atoms. The minimum atomic E-state index is 0.767. The van der Waals surface area contributed by atoms with E-state index in [1.807, 2.05) is 0 Å². The Labute approximate surface area is 61.8 Å². The molecule has 0 bridgehead atoms. The lowest BCUT2D eigenvalue weighted by molar-refractivity contribution is 0.274. The predicted octanol–water partition coefficient (Wildman–Crippen LogP) is 1.79. The minimum Gasteiger partial charge on any atom is -0.292 e. The van der Waals surface area contributed by atoms with E-state index >= 15 is 0 Å². The van der Waals surface area contributed by atoms with Crippen molar-refractivity contribution in [3.8, 4) is 0 Å². The molecule has 1 nitrogen and oxygen atoms in total. The third-order valence-electron chi connectivity index (χ3n) is 1.87. The third-order valence-corrected chi connectivity index (χ3v) is 3.17. The molecule has 0 saturated carbocycles. The first kappa shape index (κ1) is 7.42. The Kier molecular flexibility index (Phi) is 2.86. The molecule has 0 N–H and O–H groups in total. The van der Waals surface area contributed by atoms with Gasteiger partial charge in [0.2, 0.25) is 0 Å². The van der Waals surface area contributed by atoms with Gasteiger partial charge in [0, 0.05) is 0 Å². The minimum absolute atomic E-state index is 0.767. The van der Waals surface area contributed by atoms with Gasteiger partial charge in [-0.15, -0.1) is 11.8 Å². The van der Waals surface area contributed by atoms with Crippen molar-refractivity contribution in [1.82, 2.24) is 4.90 Å². The lowest BCUT2D eigenvalue weighted by atomic mass is 10.4. The zero-order valence-corrected chi connectivity index (χ0v) is 7.08. The van der Waals surface area contributed by atoms with Gasteiger partial charge in [-0.3, -0.25) is 4.90 Å². The maximum absolute atomic E-state index is 2.52. The first-order valence-electron chi connectivity index (χ1n) is 3.70. The summed E-state index contributed by atoms with van der Waals surface area (Å²) in [5.74, 6) is 1.36. The lowest BCUT2D eigenvalue weighted by Crippen LogP contribution is -2.35. The fraction of sp³-hybridized carbons (Fsp3) is 1.00. The van der Waals surface area contributed by atoms with Crippen molar-refractivity contribution in [1.29, 1.82) is 0 Å². The molecule has 0 aromatic rings. The molecule has 0 aliphatic carbocycles. The molecule has 0 spiro atoms. The van der Waals surface area contributed by atoms with Crippen LogP contribution in [0.3, 0.4) is 0 Å². The maximum Gasteiger partial charge on any atom is 0.0528 e. The van der Waals surface area contributed by atoms with Crippen LogP contribution in [0.4, 0.5) is 0 Å². The molecule has 2 heteroatoms. The fourth-order valence-corrected chi connectivity index (χ4v) is 2.33. The van der Waals surface area contributed by atoms with Crippen LogP contribution < -0.4 is 0 Å². The highest BCUT2D eigenvalue weighted by Gasteiger charge is 2.15. The Morgan fingerprint density at radius 1 is 1.67 bits per heavy atom. The first-order valence-corrected chi connectivity index (χ1v) is 4.75. The van der Waals surface area contributed by atoms with Crippen molar-refractivity contribution in [2.75, 3.05) is 18.8 Å². The highest BCUT2D eigenvalue weighted by Crippen LogP contribution is 2.21. The van der Waals surface area contributed by atoms with E-state index in [2.05, 4.69) is 30.5 Å². The van der Waals surface area contributed by atoms with Gasteiger partial charge >= 0.3 is 0 Å². The number of nitrogens with zero attached hydrogens (tertiary/aromatic N) is 1. The standard InChI is InChI=1S/C7H15NS/c1-3-8-5-4-6-9-7(8)2/h7H,3-6H2,1-2H3/t7-/m1/s1. The summed E-state index contributed by atoms with van der Waals surface area (Å²) in [5, 5.41) is 0.767. The van der Waals surface area contributed by atoms with E-state index in [0.29, 0.717) is 0 Å². The molecular weight excluding hydrogens is 130 g/mol. The molecule has 1 saturated heterocycles. The van der Waals surface area contributed by atoms with Crippen LogP contribution >= 0.6 is 11.8 Å². The van der Waals surface area contributed by atoms with Gasteiger partial charge in [-0.1, -0.05) is 6.92 Å². The SMILES string of the molecule is CCN1CCCS[C@@H]1C. The summed E-state index contributed by atoms with van der Waals surface area (Å²) in [4.78, 5) is 2.52.